The first kappa shape index (κ1) is 25.8. The molecule has 0 aliphatic rings. The lowest BCUT2D eigenvalue weighted by Gasteiger charge is -2.08. The Morgan fingerprint density at radius 3 is 2.09 bits per heavy atom. The molecule has 2 rings (SSSR count). The van der Waals surface area contributed by atoms with Gasteiger partial charge in [0.2, 0.25) is 0 Å². The molecule has 2 aromatic rings. The predicted molar refractivity (Wildman–Crippen MR) is 124 cm³/mol. The molecule has 174 valence electrons. The maximum Gasteiger partial charge on any atom is 0.504 e. The van der Waals surface area contributed by atoms with Crippen molar-refractivity contribution in [1.82, 2.24) is 0 Å². The van der Waals surface area contributed by atoms with Crippen LogP contribution >= 0.6 is 0 Å². The summed E-state index contributed by atoms with van der Waals surface area (Å²) in [6.07, 6.45) is 6.77. The van der Waals surface area contributed by atoms with Crippen molar-refractivity contribution >= 4 is 24.1 Å². The molecule has 9 heteroatoms. The van der Waals surface area contributed by atoms with Crippen molar-refractivity contribution < 1.29 is 26.4 Å². The molecule has 0 spiro atoms. The third-order valence-corrected chi connectivity index (χ3v) is 9.39. The van der Waals surface area contributed by atoms with E-state index in [9.17, 15) is 22.4 Å². The van der Waals surface area contributed by atoms with Crippen LogP contribution in [0.4, 0.5) is 0 Å². The number of aryl methyl sites for hydroxylation is 2. The zero-order chi connectivity index (χ0) is 23.8. The second kappa shape index (κ2) is 11.4. The molecule has 0 saturated heterocycles. The minimum Gasteiger partial charge on any atom is -0.494 e. The van der Waals surface area contributed by atoms with Crippen molar-refractivity contribution in [3.05, 3.63) is 59.1 Å². The molecule has 0 radical (unpaired) electrons. The largest absolute Gasteiger partial charge is 0.504 e. The summed E-state index contributed by atoms with van der Waals surface area (Å²) >= 11 is 0. The average Bonchev–Trinajstić information content (AvgIpc) is 2.73. The van der Waals surface area contributed by atoms with E-state index in [1.165, 1.54) is 49.6 Å². The maximum absolute atomic E-state index is 13.0. The molecule has 0 aliphatic carbocycles. The Balaban J connectivity index is 2.15. The van der Waals surface area contributed by atoms with Crippen LogP contribution in [0.25, 0.3) is 5.53 Å². The van der Waals surface area contributed by atoms with Gasteiger partial charge in [-0.15, -0.1) is 4.79 Å². The Hall–Kier alpha value is -2.48. The van der Waals surface area contributed by atoms with E-state index in [0.29, 0.717) is 17.9 Å². The zero-order valence-corrected chi connectivity index (χ0v) is 20.4. The van der Waals surface area contributed by atoms with Gasteiger partial charge in [-0.25, -0.2) is 16.8 Å². The summed E-state index contributed by atoms with van der Waals surface area (Å²) < 4.78 is 56.1. The summed E-state index contributed by atoms with van der Waals surface area (Å²) in [5.74, 6) is 0.484. The Kier molecular flexibility index (Phi) is 9.19. The van der Waals surface area contributed by atoms with Gasteiger partial charge >= 0.3 is 4.38 Å². The highest BCUT2D eigenvalue weighted by Crippen LogP contribution is 2.25. The number of ether oxygens (including phenoxy) is 1. The molecule has 0 unspecified atom stereocenters. The normalized spacial score (nSPS) is 11.7. The number of sulfone groups is 2. The van der Waals surface area contributed by atoms with E-state index in [1.807, 2.05) is 0 Å². The Morgan fingerprint density at radius 2 is 1.50 bits per heavy atom. The molecule has 0 bridgehead atoms. The molecule has 7 nitrogen and oxygen atoms in total. The van der Waals surface area contributed by atoms with Gasteiger partial charge in [0.25, 0.3) is 19.7 Å². The molecule has 0 aliphatic heterocycles. The first-order valence-corrected chi connectivity index (χ1v) is 13.6. The number of unbranched alkanes of at least 4 members (excludes halogenated alkanes) is 5. The van der Waals surface area contributed by atoms with Crippen LogP contribution in [0.1, 0.15) is 56.6 Å². The van der Waals surface area contributed by atoms with Gasteiger partial charge in [0, 0.05) is 0 Å². The molecule has 0 saturated carbocycles. The van der Waals surface area contributed by atoms with E-state index in [0.717, 1.165) is 24.8 Å². The lowest BCUT2D eigenvalue weighted by Crippen LogP contribution is -2.26. The van der Waals surface area contributed by atoms with Crippen LogP contribution in [0.2, 0.25) is 0 Å². The van der Waals surface area contributed by atoms with Gasteiger partial charge in [0.15, 0.2) is 0 Å². The monoisotopic (exact) mass is 478 g/mol. The van der Waals surface area contributed by atoms with Crippen molar-refractivity contribution in [3.8, 4) is 5.75 Å². The molecule has 0 amide bonds. The highest BCUT2D eigenvalue weighted by atomic mass is 32.3. The van der Waals surface area contributed by atoms with Gasteiger partial charge in [-0.1, -0.05) is 56.7 Å². The number of rotatable bonds is 10. The lowest BCUT2D eigenvalue weighted by atomic mass is 10.1. The first-order chi connectivity index (χ1) is 15.1. The quantitative estimate of drug-likeness (QED) is 0.159. The van der Waals surface area contributed by atoms with Crippen molar-refractivity contribution in [2.45, 2.75) is 69.1 Å². The smallest absolute Gasteiger partial charge is 0.494 e. The van der Waals surface area contributed by atoms with E-state index < -0.39 is 24.1 Å². The fourth-order valence-corrected chi connectivity index (χ4v) is 6.88. The van der Waals surface area contributed by atoms with Crippen LogP contribution < -0.4 is 4.74 Å². The topological polar surface area (TPSA) is 114 Å². The fourth-order valence-electron chi connectivity index (χ4n) is 3.34. The Bertz CT molecular complexity index is 1180. The summed E-state index contributed by atoms with van der Waals surface area (Å²) in [5, 5.41) is 0. The molecule has 32 heavy (non-hydrogen) atoms. The second-order valence-corrected chi connectivity index (χ2v) is 11.7. The highest BCUT2D eigenvalue weighted by molar-refractivity contribution is 8.31. The first-order valence-electron chi connectivity index (χ1n) is 10.7. The maximum atomic E-state index is 13.0. The molecule has 0 atom stereocenters. The summed E-state index contributed by atoms with van der Waals surface area (Å²) in [6.45, 7) is 6.03. The van der Waals surface area contributed by atoms with Gasteiger partial charge in [0.1, 0.15) is 5.75 Å². The van der Waals surface area contributed by atoms with Gasteiger partial charge in [-0.3, -0.25) is 0 Å². The minimum atomic E-state index is -4.58. The fraction of sp³-hybridized carbons (Fsp3) is 0.435. The van der Waals surface area contributed by atoms with Crippen molar-refractivity contribution in [3.63, 3.8) is 0 Å². The number of hydrogen-bond acceptors (Lipinski definition) is 5. The van der Waals surface area contributed by atoms with Crippen LogP contribution in [0, 0.1) is 13.8 Å². The standard InChI is InChI=1S/C23H30N2O5S2/c1-4-5-6-7-8-9-16-30-20-11-13-21(14-12-20)31(26,27)23(25-24)32(28,29)22-15-10-18(2)17-19(22)3/h10-15,17H,4-9,16H2,1-3H3. The van der Waals surface area contributed by atoms with E-state index in [1.54, 1.807) is 26.0 Å². The van der Waals surface area contributed by atoms with Gasteiger partial charge in [-0.2, -0.15) is 0 Å². The molecule has 0 N–H and O–H groups in total. The molecule has 0 fully saturated rings. The summed E-state index contributed by atoms with van der Waals surface area (Å²) in [7, 11) is -9.14. The summed E-state index contributed by atoms with van der Waals surface area (Å²) in [4.78, 5) is 2.15. The van der Waals surface area contributed by atoms with Crippen LogP contribution in [0.15, 0.2) is 52.3 Å². The third-order valence-electron chi connectivity index (χ3n) is 5.06. The van der Waals surface area contributed by atoms with E-state index in [-0.39, 0.29) is 9.79 Å². The van der Waals surface area contributed by atoms with Gasteiger partial charge in [0.05, 0.1) is 16.4 Å². The SMILES string of the molecule is CCCCCCCCOc1ccc(S(=O)(=O)C(=[N+]=[N-])S(=O)(=O)c2ccc(C)cc2C)cc1. The minimum absolute atomic E-state index is 0.224. The average molecular weight is 479 g/mol. The van der Waals surface area contributed by atoms with Crippen LogP contribution in [0.3, 0.4) is 0 Å². The van der Waals surface area contributed by atoms with Crippen molar-refractivity contribution in [1.29, 1.82) is 0 Å². The second-order valence-electron chi connectivity index (χ2n) is 7.73. The summed E-state index contributed by atoms with van der Waals surface area (Å²) in [5.41, 5.74) is 10.5. The molecule has 2 aromatic carbocycles. The molecule has 0 aromatic heterocycles. The van der Waals surface area contributed by atoms with Gasteiger partial charge < -0.3 is 10.3 Å². The van der Waals surface area contributed by atoms with E-state index in [4.69, 9.17) is 4.74 Å². The highest BCUT2D eigenvalue weighted by Gasteiger charge is 2.44. The third kappa shape index (κ3) is 6.28. The molecular weight excluding hydrogens is 448 g/mol. The van der Waals surface area contributed by atoms with Gasteiger partial charge in [-0.05, 0) is 56.2 Å². The number of benzene rings is 2. The lowest BCUT2D eigenvalue weighted by molar-refractivity contribution is 0.00380. The molecular formula is C23H30N2O5S2. The molecule has 0 heterocycles. The zero-order valence-electron chi connectivity index (χ0n) is 18.7. The Labute approximate surface area is 190 Å². The van der Waals surface area contributed by atoms with Crippen LogP contribution in [-0.4, -0.2) is 32.6 Å². The number of nitrogens with zero attached hydrogens (tertiary/aromatic N) is 2. The number of hydrogen-bond donors (Lipinski definition) is 0. The van der Waals surface area contributed by atoms with Crippen molar-refractivity contribution in [2.75, 3.05) is 6.61 Å². The van der Waals surface area contributed by atoms with Crippen LogP contribution in [-0.2, 0) is 19.7 Å². The van der Waals surface area contributed by atoms with Crippen molar-refractivity contribution in [2.24, 2.45) is 0 Å². The predicted octanol–water partition coefficient (Wildman–Crippen LogP) is 4.88. The summed E-state index contributed by atoms with van der Waals surface area (Å²) in [6, 6.07) is 9.89. The Morgan fingerprint density at radius 1 is 0.875 bits per heavy atom. The van der Waals surface area contributed by atoms with Crippen LogP contribution in [0.5, 0.6) is 5.75 Å². The van der Waals surface area contributed by atoms with E-state index in [2.05, 4.69) is 11.7 Å². The van der Waals surface area contributed by atoms with E-state index >= 15 is 0 Å².